The van der Waals surface area contributed by atoms with Gasteiger partial charge in [0.2, 0.25) is 0 Å². The van der Waals surface area contributed by atoms with E-state index in [0.29, 0.717) is 5.92 Å². The summed E-state index contributed by atoms with van der Waals surface area (Å²) < 4.78 is 5.46. The normalized spacial score (nSPS) is 19.5. The van der Waals surface area contributed by atoms with Crippen molar-refractivity contribution in [3.63, 3.8) is 0 Å². The summed E-state index contributed by atoms with van der Waals surface area (Å²) in [5, 5.41) is 0. The molecule has 0 saturated carbocycles. The van der Waals surface area contributed by atoms with E-state index in [1.54, 1.807) is 4.90 Å². The van der Waals surface area contributed by atoms with Gasteiger partial charge < -0.3 is 4.74 Å². The van der Waals surface area contributed by atoms with E-state index in [2.05, 4.69) is 19.9 Å². The first kappa shape index (κ1) is 15.8. The minimum Gasteiger partial charge on any atom is -0.443 e. The van der Waals surface area contributed by atoms with Crippen molar-refractivity contribution in [2.75, 3.05) is 6.54 Å². The molecule has 1 heterocycles. The van der Waals surface area contributed by atoms with E-state index in [1.165, 1.54) is 0 Å². The molecule has 0 atom stereocenters. The second kappa shape index (κ2) is 6.78. The van der Waals surface area contributed by atoms with Crippen LogP contribution in [0, 0.1) is 5.92 Å². The third-order valence-corrected chi connectivity index (χ3v) is 2.81. The van der Waals surface area contributed by atoms with Gasteiger partial charge in [0, 0.05) is 12.2 Å². The van der Waals surface area contributed by atoms with Gasteiger partial charge in [-0.15, -0.1) is 0 Å². The number of hydrogen-bond acceptors (Lipinski definition) is 2. The van der Waals surface area contributed by atoms with Crippen LogP contribution in [-0.2, 0) is 4.74 Å². The molecule has 0 aromatic carbocycles. The Bertz CT molecular complexity index is 361. The maximum Gasteiger partial charge on any atom is 0.414 e. The molecular formula is C16H27NO2. The van der Waals surface area contributed by atoms with E-state index in [0.717, 1.165) is 31.5 Å². The van der Waals surface area contributed by atoms with Crippen molar-refractivity contribution in [3.8, 4) is 0 Å². The number of likely N-dealkylation sites (tertiary alicyclic amines) is 1. The standard InChI is InChI=1S/C16H27NO2/c1-13(2)9-8-11-14-10-6-7-12-17(14)15(18)19-16(3,4)5/h8-9,11,13H,6-7,10,12H2,1-5H3/b9-8+,14-11+. The Balaban J connectivity index is 2.75. The third-order valence-electron chi connectivity index (χ3n) is 2.81. The summed E-state index contributed by atoms with van der Waals surface area (Å²) in [5.41, 5.74) is 0.630. The van der Waals surface area contributed by atoms with E-state index in [9.17, 15) is 4.79 Å². The quantitative estimate of drug-likeness (QED) is 0.735. The lowest BCUT2D eigenvalue weighted by molar-refractivity contribution is 0.0286. The van der Waals surface area contributed by atoms with Crippen LogP contribution in [0.2, 0.25) is 0 Å². The fraction of sp³-hybridized carbons (Fsp3) is 0.688. The Morgan fingerprint density at radius 3 is 2.58 bits per heavy atom. The van der Waals surface area contributed by atoms with Crippen LogP contribution in [0.1, 0.15) is 53.9 Å². The fourth-order valence-electron chi connectivity index (χ4n) is 1.94. The molecule has 108 valence electrons. The van der Waals surface area contributed by atoms with E-state index >= 15 is 0 Å². The molecule has 0 bridgehead atoms. The van der Waals surface area contributed by atoms with E-state index in [-0.39, 0.29) is 6.09 Å². The summed E-state index contributed by atoms with van der Waals surface area (Å²) in [6.45, 7) is 10.7. The molecule has 1 amide bonds. The van der Waals surface area contributed by atoms with Crippen LogP contribution < -0.4 is 0 Å². The Labute approximate surface area is 117 Å². The molecule has 19 heavy (non-hydrogen) atoms. The number of rotatable bonds is 2. The number of amides is 1. The van der Waals surface area contributed by atoms with Crippen molar-refractivity contribution >= 4 is 6.09 Å². The Morgan fingerprint density at radius 1 is 1.32 bits per heavy atom. The zero-order chi connectivity index (χ0) is 14.5. The summed E-state index contributed by atoms with van der Waals surface area (Å²) in [6, 6.07) is 0. The lowest BCUT2D eigenvalue weighted by atomic mass is 10.1. The highest BCUT2D eigenvalue weighted by molar-refractivity contribution is 5.70. The molecule has 1 aliphatic rings. The van der Waals surface area contributed by atoms with Gasteiger partial charge in [0.1, 0.15) is 5.60 Å². The van der Waals surface area contributed by atoms with Gasteiger partial charge in [0.15, 0.2) is 0 Å². The average Bonchev–Trinajstić information content (AvgIpc) is 2.26. The lowest BCUT2D eigenvalue weighted by Crippen LogP contribution is -2.38. The van der Waals surface area contributed by atoms with E-state index in [1.807, 2.05) is 32.9 Å². The molecule has 0 N–H and O–H groups in total. The van der Waals surface area contributed by atoms with Gasteiger partial charge in [0.25, 0.3) is 0 Å². The first-order chi connectivity index (χ1) is 8.79. The highest BCUT2D eigenvalue weighted by Gasteiger charge is 2.26. The van der Waals surface area contributed by atoms with Crippen molar-refractivity contribution in [2.45, 2.75) is 59.5 Å². The minimum atomic E-state index is -0.437. The molecule has 0 unspecified atom stereocenters. The summed E-state index contributed by atoms with van der Waals surface area (Å²) in [4.78, 5) is 13.9. The Hall–Kier alpha value is -1.25. The fourth-order valence-corrected chi connectivity index (χ4v) is 1.94. The summed E-state index contributed by atoms with van der Waals surface area (Å²) in [6.07, 6.45) is 9.13. The molecule has 0 aromatic heterocycles. The largest absolute Gasteiger partial charge is 0.443 e. The predicted molar refractivity (Wildman–Crippen MR) is 78.9 cm³/mol. The Kier molecular flexibility index (Phi) is 5.64. The van der Waals surface area contributed by atoms with Gasteiger partial charge >= 0.3 is 6.09 Å². The SMILES string of the molecule is CC(C)/C=C/C=C1\CCCCN1C(=O)OC(C)(C)C. The van der Waals surface area contributed by atoms with Crippen LogP contribution >= 0.6 is 0 Å². The van der Waals surface area contributed by atoms with Crippen LogP contribution in [0.5, 0.6) is 0 Å². The van der Waals surface area contributed by atoms with Crippen LogP contribution in [0.4, 0.5) is 4.79 Å². The van der Waals surface area contributed by atoms with Gasteiger partial charge in [-0.1, -0.05) is 26.0 Å². The highest BCUT2D eigenvalue weighted by atomic mass is 16.6. The van der Waals surface area contributed by atoms with Gasteiger partial charge in [-0.05, 0) is 52.0 Å². The maximum atomic E-state index is 12.2. The van der Waals surface area contributed by atoms with Crippen LogP contribution in [0.25, 0.3) is 0 Å². The zero-order valence-electron chi connectivity index (χ0n) is 12.9. The van der Waals surface area contributed by atoms with Crippen LogP contribution in [0.15, 0.2) is 23.9 Å². The van der Waals surface area contributed by atoms with Crippen molar-refractivity contribution in [1.82, 2.24) is 4.90 Å². The Morgan fingerprint density at radius 2 is 2.00 bits per heavy atom. The number of allylic oxidation sites excluding steroid dienone is 4. The van der Waals surface area contributed by atoms with Gasteiger partial charge in [0.05, 0.1) is 0 Å². The molecule has 1 rings (SSSR count). The number of piperidine rings is 1. The second-order valence-corrected chi connectivity index (χ2v) is 6.38. The van der Waals surface area contributed by atoms with Gasteiger partial charge in [-0.3, -0.25) is 4.90 Å². The van der Waals surface area contributed by atoms with Crippen molar-refractivity contribution in [1.29, 1.82) is 0 Å². The second-order valence-electron chi connectivity index (χ2n) is 6.38. The molecule has 0 aliphatic carbocycles. The molecule has 1 aliphatic heterocycles. The highest BCUT2D eigenvalue weighted by Crippen LogP contribution is 2.23. The molecule has 0 spiro atoms. The van der Waals surface area contributed by atoms with Crippen molar-refractivity contribution < 1.29 is 9.53 Å². The third kappa shape index (κ3) is 5.95. The first-order valence-electron chi connectivity index (χ1n) is 7.17. The predicted octanol–water partition coefficient (Wildman–Crippen LogP) is 4.50. The smallest absolute Gasteiger partial charge is 0.414 e. The van der Waals surface area contributed by atoms with Crippen molar-refractivity contribution in [2.24, 2.45) is 5.92 Å². The lowest BCUT2D eigenvalue weighted by Gasteiger charge is -2.31. The molecule has 1 fully saturated rings. The molecule has 0 aromatic rings. The first-order valence-corrected chi connectivity index (χ1v) is 7.17. The van der Waals surface area contributed by atoms with Gasteiger partial charge in [-0.2, -0.15) is 0 Å². The monoisotopic (exact) mass is 265 g/mol. The van der Waals surface area contributed by atoms with Crippen LogP contribution in [0.3, 0.4) is 0 Å². The maximum absolute atomic E-state index is 12.2. The van der Waals surface area contributed by atoms with Gasteiger partial charge in [-0.25, -0.2) is 4.79 Å². The molecule has 0 radical (unpaired) electrons. The number of hydrogen-bond donors (Lipinski definition) is 0. The number of carbonyl (C=O) groups excluding carboxylic acids is 1. The summed E-state index contributed by atoms with van der Waals surface area (Å²) >= 11 is 0. The number of ether oxygens (including phenoxy) is 1. The van der Waals surface area contributed by atoms with Crippen LogP contribution in [-0.4, -0.2) is 23.1 Å². The molecule has 3 heteroatoms. The number of carbonyl (C=O) groups is 1. The van der Waals surface area contributed by atoms with Crippen molar-refractivity contribution in [3.05, 3.63) is 23.9 Å². The summed E-state index contributed by atoms with van der Waals surface area (Å²) in [5.74, 6) is 0.524. The summed E-state index contributed by atoms with van der Waals surface area (Å²) in [7, 11) is 0. The molecular weight excluding hydrogens is 238 g/mol. The average molecular weight is 265 g/mol. The number of nitrogens with zero attached hydrogens (tertiary/aromatic N) is 1. The van der Waals surface area contributed by atoms with E-state index in [4.69, 9.17) is 4.74 Å². The van der Waals surface area contributed by atoms with E-state index < -0.39 is 5.60 Å². The molecule has 1 saturated heterocycles. The minimum absolute atomic E-state index is 0.226. The zero-order valence-corrected chi connectivity index (χ0v) is 12.9. The molecule has 3 nitrogen and oxygen atoms in total. The topological polar surface area (TPSA) is 29.5 Å².